The zero-order chi connectivity index (χ0) is 12.3. The summed E-state index contributed by atoms with van der Waals surface area (Å²) < 4.78 is 6.50. The summed E-state index contributed by atoms with van der Waals surface area (Å²) in [5.74, 6) is 1.16. The largest absolute Gasteiger partial charge is 0.438 e. The van der Waals surface area contributed by atoms with Gasteiger partial charge >= 0.3 is 0 Å². The van der Waals surface area contributed by atoms with Gasteiger partial charge < -0.3 is 9.84 Å². The number of aromatic nitrogens is 1. The third kappa shape index (κ3) is 3.05. The molecule has 0 aliphatic rings. The van der Waals surface area contributed by atoms with Crippen molar-refractivity contribution < 1.29 is 9.84 Å². The number of para-hydroxylation sites is 1. The van der Waals surface area contributed by atoms with Crippen LogP contribution in [-0.2, 0) is 0 Å². The quantitative estimate of drug-likeness (QED) is 0.938. The summed E-state index contributed by atoms with van der Waals surface area (Å²) in [7, 11) is 0. The zero-order valence-electron chi connectivity index (χ0n) is 9.30. The smallest absolute Gasteiger partial charge is 0.219 e. The molecule has 0 aliphatic heterocycles. The van der Waals surface area contributed by atoms with Crippen LogP contribution in [0.4, 0.5) is 0 Å². The van der Waals surface area contributed by atoms with Crippen LogP contribution < -0.4 is 4.74 Å². The molecule has 1 N–H and O–H groups in total. The minimum absolute atomic E-state index is 0.468. The fraction of sp³-hybridized carbons (Fsp3) is 0.154. The van der Waals surface area contributed by atoms with E-state index in [0.29, 0.717) is 11.6 Å². The summed E-state index contributed by atoms with van der Waals surface area (Å²) in [5.41, 5.74) is 0.780. The van der Waals surface area contributed by atoms with Gasteiger partial charge in [0.15, 0.2) is 0 Å². The molecule has 2 aromatic rings. The van der Waals surface area contributed by atoms with Gasteiger partial charge in [0.1, 0.15) is 5.75 Å². The highest BCUT2D eigenvalue weighted by Gasteiger charge is 2.06. The maximum Gasteiger partial charge on any atom is 0.219 e. The Bertz CT molecular complexity index is 514. The average molecular weight is 294 g/mol. The van der Waals surface area contributed by atoms with E-state index in [1.54, 1.807) is 25.3 Å². The molecule has 0 aliphatic carbocycles. The summed E-state index contributed by atoms with van der Waals surface area (Å²) in [5, 5.41) is 9.48. The van der Waals surface area contributed by atoms with Crippen molar-refractivity contribution in [1.82, 2.24) is 4.98 Å². The van der Waals surface area contributed by atoms with Crippen molar-refractivity contribution >= 4 is 15.9 Å². The molecule has 0 amide bonds. The fourth-order valence-corrected chi connectivity index (χ4v) is 1.75. The van der Waals surface area contributed by atoms with Crippen LogP contribution in [0.5, 0.6) is 11.6 Å². The molecule has 0 saturated heterocycles. The van der Waals surface area contributed by atoms with Crippen LogP contribution in [0.1, 0.15) is 18.6 Å². The van der Waals surface area contributed by atoms with E-state index >= 15 is 0 Å². The Morgan fingerprint density at radius 3 is 2.76 bits per heavy atom. The standard InChI is InChI=1S/C13H12BrNO2/c1-9(16)10-6-7-15-13(8-10)17-12-5-3-2-4-11(12)14/h2-9,16H,1H3/t9-/m0/s1. The van der Waals surface area contributed by atoms with Crippen LogP contribution in [0, 0.1) is 0 Å². The molecule has 1 atom stereocenters. The van der Waals surface area contributed by atoms with Crippen LogP contribution in [0.3, 0.4) is 0 Å². The first kappa shape index (κ1) is 12.1. The highest BCUT2D eigenvalue weighted by Crippen LogP contribution is 2.28. The number of nitrogens with zero attached hydrogens (tertiary/aromatic N) is 1. The van der Waals surface area contributed by atoms with E-state index in [4.69, 9.17) is 4.74 Å². The molecule has 0 spiro atoms. The number of ether oxygens (including phenoxy) is 1. The molecule has 0 bridgehead atoms. The first-order valence-electron chi connectivity index (χ1n) is 5.23. The van der Waals surface area contributed by atoms with Crippen molar-refractivity contribution in [3.8, 4) is 11.6 Å². The third-order valence-electron chi connectivity index (χ3n) is 2.29. The minimum Gasteiger partial charge on any atom is -0.438 e. The predicted molar refractivity (Wildman–Crippen MR) is 69.1 cm³/mol. The monoisotopic (exact) mass is 293 g/mol. The van der Waals surface area contributed by atoms with Gasteiger partial charge in [0, 0.05) is 12.3 Å². The number of hydrogen-bond donors (Lipinski definition) is 1. The Morgan fingerprint density at radius 1 is 1.29 bits per heavy atom. The van der Waals surface area contributed by atoms with E-state index in [9.17, 15) is 5.11 Å². The van der Waals surface area contributed by atoms with E-state index in [0.717, 1.165) is 10.0 Å². The van der Waals surface area contributed by atoms with Gasteiger partial charge in [-0.15, -0.1) is 0 Å². The Balaban J connectivity index is 2.25. The van der Waals surface area contributed by atoms with Gasteiger partial charge in [-0.05, 0) is 46.6 Å². The van der Waals surface area contributed by atoms with Crippen molar-refractivity contribution in [2.75, 3.05) is 0 Å². The van der Waals surface area contributed by atoms with Gasteiger partial charge in [0.2, 0.25) is 5.88 Å². The Hall–Kier alpha value is -1.39. The first-order valence-corrected chi connectivity index (χ1v) is 6.02. The molecule has 0 saturated carbocycles. The number of pyridine rings is 1. The van der Waals surface area contributed by atoms with Crippen molar-refractivity contribution in [3.05, 3.63) is 52.6 Å². The molecule has 0 fully saturated rings. The van der Waals surface area contributed by atoms with E-state index in [2.05, 4.69) is 20.9 Å². The SMILES string of the molecule is C[C@H](O)c1ccnc(Oc2ccccc2Br)c1. The molecule has 2 rings (SSSR count). The van der Waals surface area contributed by atoms with Gasteiger partial charge in [-0.1, -0.05) is 12.1 Å². The molecular weight excluding hydrogens is 282 g/mol. The first-order chi connectivity index (χ1) is 8.16. The Kier molecular flexibility index (Phi) is 3.76. The molecule has 17 heavy (non-hydrogen) atoms. The molecule has 3 nitrogen and oxygen atoms in total. The summed E-state index contributed by atoms with van der Waals surface area (Å²) in [4.78, 5) is 4.10. The number of rotatable bonds is 3. The van der Waals surface area contributed by atoms with Crippen LogP contribution in [-0.4, -0.2) is 10.1 Å². The molecule has 1 aromatic heterocycles. The maximum atomic E-state index is 9.48. The van der Waals surface area contributed by atoms with E-state index in [-0.39, 0.29) is 0 Å². The van der Waals surface area contributed by atoms with E-state index in [1.165, 1.54) is 0 Å². The molecule has 1 aromatic carbocycles. The zero-order valence-corrected chi connectivity index (χ0v) is 10.9. The van der Waals surface area contributed by atoms with Gasteiger partial charge in [-0.2, -0.15) is 0 Å². The lowest BCUT2D eigenvalue weighted by atomic mass is 10.2. The second-order valence-electron chi connectivity index (χ2n) is 3.64. The van der Waals surface area contributed by atoms with Crippen molar-refractivity contribution in [2.45, 2.75) is 13.0 Å². The topological polar surface area (TPSA) is 42.4 Å². The number of aliphatic hydroxyl groups is 1. The average Bonchev–Trinajstić information content (AvgIpc) is 2.32. The van der Waals surface area contributed by atoms with Gasteiger partial charge in [0.25, 0.3) is 0 Å². The molecule has 1 heterocycles. The second kappa shape index (κ2) is 5.29. The molecular formula is C13H12BrNO2. The van der Waals surface area contributed by atoms with Crippen molar-refractivity contribution in [3.63, 3.8) is 0 Å². The highest BCUT2D eigenvalue weighted by atomic mass is 79.9. The lowest BCUT2D eigenvalue weighted by Gasteiger charge is -2.09. The number of benzene rings is 1. The van der Waals surface area contributed by atoms with Crippen LogP contribution >= 0.6 is 15.9 Å². The minimum atomic E-state index is -0.528. The maximum absolute atomic E-state index is 9.48. The molecule has 4 heteroatoms. The number of halogens is 1. The summed E-state index contributed by atoms with van der Waals surface area (Å²) in [6.45, 7) is 1.71. The van der Waals surface area contributed by atoms with Crippen molar-refractivity contribution in [2.24, 2.45) is 0 Å². The van der Waals surface area contributed by atoms with Crippen LogP contribution in [0.2, 0.25) is 0 Å². The lowest BCUT2D eigenvalue weighted by Crippen LogP contribution is -1.94. The Labute approximate surface area is 108 Å². The van der Waals surface area contributed by atoms with Crippen LogP contribution in [0.15, 0.2) is 47.1 Å². The van der Waals surface area contributed by atoms with E-state index < -0.39 is 6.10 Å². The van der Waals surface area contributed by atoms with E-state index in [1.807, 2.05) is 24.3 Å². The van der Waals surface area contributed by atoms with Crippen LogP contribution in [0.25, 0.3) is 0 Å². The molecule has 0 unspecified atom stereocenters. The summed E-state index contributed by atoms with van der Waals surface area (Å²) in [6.07, 6.45) is 1.09. The third-order valence-corrected chi connectivity index (χ3v) is 2.95. The second-order valence-corrected chi connectivity index (χ2v) is 4.49. The van der Waals surface area contributed by atoms with Gasteiger partial charge in [-0.25, -0.2) is 4.98 Å². The predicted octanol–water partition coefficient (Wildman–Crippen LogP) is 3.69. The fourth-order valence-electron chi connectivity index (χ4n) is 1.38. The van der Waals surface area contributed by atoms with Gasteiger partial charge in [0.05, 0.1) is 10.6 Å². The molecule has 88 valence electrons. The molecule has 0 radical (unpaired) electrons. The van der Waals surface area contributed by atoms with Crippen molar-refractivity contribution in [1.29, 1.82) is 0 Å². The lowest BCUT2D eigenvalue weighted by molar-refractivity contribution is 0.198. The summed E-state index contributed by atoms with van der Waals surface area (Å²) in [6, 6.07) is 11.0. The highest BCUT2D eigenvalue weighted by molar-refractivity contribution is 9.10. The Morgan fingerprint density at radius 2 is 2.06 bits per heavy atom. The normalized spacial score (nSPS) is 12.2. The number of aliphatic hydroxyl groups excluding tert-OH is 1. The number of hydrogen-bond acceptors (Lipinski definition) is 3. The summed E-state index contributed by atoms with van der Waals surface area (Å²) >= 11 is 3.40. The van der Waals surface area contributed by atoms with Gasteiger partial charge in [-0.3, -0.25) is 0 Å².